The van der Waals surface area contributed by atoms with Crippen molar-refractivity contribution in [3.63, 3.8) is 0 Å². The van der Waals surface area contributed by atoms with Gasteiger partial charge < -0.3 is 33.9 Å². The molecule has 0 saturated carbocycles. The summed E-state index contributed by atoms with van der Waals surface area (Å²) in [5, 5.41) is 3.47. The lowest BCUT2D eigenvalue weighted by atomic mass is 10.0. The summed E-state index contributed by atoms with van der Waals surface area (Å²) in [5.41, 5.74) is 2.51. The van der Waals surface area contributed by atoms with Gasteiger partial charge in [-0.1, -0.05) is 12.1 Å². The van der Waals surface area contributed by atoms with E-state index in [0.717, 1.165) is 10.4 Å². The average molecular weight is 554 g/mol. The molecule has 1 aliphatic rings. The summed E-state index contributed by atoms with van der Waals surface area (Å²) < 4.78 is 27.0. The fourth-order valence-corrected chi connectivity index (χ4v) is 5.58. The van der Waals surface area contributed by atoms with Gasteiger partial charge in [-0.25, -0.2) is 9.79 Å². The quantitative estimate of drug-likeness (QED) is 0.358. The summed E-state index contributed by atoms with van der Waals surface area (Å²) in [6.45, 7) is 2.84. The maximum atomic E-state index is 13.7. The molecule has 1 aromatic heterocycles. The molecule has 2 heterocycles. The number of thiophene rings is 1. The van der Waals surface area contributed by atoms with Crippen molar-refractivity contribution in [1.29, 1.82) is 0 Å². The molecule has 4 rings (SSSR count). The van der Waals surface area contributed by atoms with Crippen LogP contribution >= 0.6 is 11.3 Å². The number of rotatable bonds is 9. The fraction of sp³-hybridized carbons (Fsp3) is 0.321. The van der Waals surface area contributed by atoms with E-state index in [-0.39, 0.29) is 12.0 Å². The van der Waals surface area contributed by atoms with Crippen molar-refractivity contribution in [3.8, 4) is 23.0 Å². The Labute approximate surface area is 231 Å². The molecule has 2 aromatic carbocycles. The molecule has 0 bridgehead atoms. The Morgan fingerprint density at radius 1 is 1.00 bits per heavy atom. The van der Waals surface area contributed by atoms with Gasteiger partial charge in [0.15, 0.2) is 11.5 Å². The van der Waals surface area contributed by atoms with Crippen LogP contribution in [0, 0.1) is 0 Å². The molecule has 0 unspecified atom stereocenters. The molecule has 1 aliphatic heterocycles. The van der Waals surface area contributed by atoms with Crippen LogP contribution in [0.2, 0.25) is 0 Å². The van der Waals surface area contributed by atoms with Gasteiger partial charge in [0.25, 0.3) is 5.91 Å². The second-order valence-electron chi connectivity index (χ2n) is 8.39. The average Bonchev–Trinajstić information content (AvgIpc) is 3.33. The number of carbonyl (C=O) groups is 2. The highest BCUT2D eigenvalue weighted by Crippen LogP contribution is 2.42. The molecule has 0 saturated heterocycles. The lowest BCUT2D eigenvalue weighted by Crippen LogP contribution is -2.36. The van der Waals surface area contributed by atoms with Crippen molar-refractivity contribution in [2.75, 3.05) is 46.9 Å². The number of ether oxygens (including phenoxy) is 5. The molecular formula is C28H31N3O7S. The Morgan fingerprint density at radius 2 is 1.74 bits per heavy atom. The SMILES string of the molecule is CCOC(=O)N1CCc2c(sc(N=Cc3ccc(OC)c(OC)c3OC)c2C(=O)Nc2ccccc2OC)C1. The number of nitrogens with zero attached hydrogens (tertiary/aromatic N) is 2. The summed E-state index contributed by atoms with van der Waals surface area (Å²) in [4.78, 5) is 33.3. The maximum Gasteiger partial charge on any atom is 0.410 e. The molecule has 2 amide bonds. The van der Waals surface area contributed by atoms with E-state index in [4.69, 9.17) is 28.7 Å². The van der Waals surface area contributed by atoms with Gasteiger partial charge in [0, 0.05) is 23.2 Å². The maximum absolute atomic E-state index is 13.7. The molecule has 206 valence electrons. The number of benzene rings is 2. The number of hydrogen-bond acceptors (Lipinski definition) is 9. The van der Waals surface area contributed by atoms with Crippen molar-refractivity contribution < 1.29 is 33.3 Å². The van der Waals surface area contributed by atoms with Crippen LogP contribution in [0.25, 0.3) is 0 Å². The van der Waals surface area contributed by atoms with Gasteiger partial charge in [-0.3, -0.25) is 4.79 Å². The second kappa shape index (κ2) is 12.5. The zero-order valence-electron chi connectivity index (χ0n) is 22.5. The highest BCUT2D eigenvalue weighted by molar-refractivity contribution is 7.16. The lowest BCUT2D eigenvalue weighted by molar-refractivity contribution is 0.102. The van der Waals surface area contributed by atoms with E-state index in [1.807, 2.05) is 12.1 Å². The Balaban J connectivity index is 1.75. The first-order valence-corrected chi connectivity index (χ1v) is 13.1. The van der Waals surface area contributed by atoms with Crippen LogP contribution in [-0.4, -0.2) is 64.7 Å². The first-order chi connectivity index (χ1) is 18.9. The minimum Gasteiger partial charge on any atom is -0.495 e. The molecule has 1 N–H and O–H groups in total. The highest BCUT2D eigenvalue weighted by atomic mass is 32.1. The number of para-hydroxylation sites is 2. The molecule has 39 heavy (non-hydrogen) atoms. The van der Waals surface area contributed by atoms with Gasteiger partial charge in [-0.2, -0.15) is 0 Å². The van der Waals surface area contributed by atoms with E-state index >= 15 is 0 Å². The molecule has 0 atom stereocenters. The molecule has 0 spiro atoms. The van der Waals surface area contributed by atoms with Crippen molar-refractivity contribution in [1.82, 2.24) is 4.90 Å². The van der Waals surface area contributed by atoms with Gasteiger partial charge in [0.05, 0.1) is 52.8 Å². The van der Waals surface area contributed by atoms with Gasteiger partial charge in [0.1, 0.15) is 10.8 Å². The largest absolute Gasteiger partial charge is 0.495 e. The zero-order valence-corrected chi connectivity index (χ0v) is 23.3. The van der Waals surface area contributed by atoms with E-state index in [0.29, 0.717) is 70.9 Å². The number of hydrogen-bond donors (Lipinski definition) is 1. The molecule has 11 heteroatoms. The molecule has 0 radical (unpaired) electrons. The predicted molar refractivity (Wildman–Crippen MR) is 150 cm³/mol. The number of anilines is 1. The third-order valence-corrected chi connectivity index (χ3v) is 7.33. The Morgan fingerprint density at radius 3 is 2.44 bits per heavy atom. The van der Waals surface area contributed by atoms with Crippen LogP contribution in [0.15, 0.2) is 41.4 Å². The van der Waals surface area contributed by atoms with Crippen molar-refractivity contribution >= 4 is 40.2 Å². The smallest absolute Gasteiger partial charge is 0.410 e. The third-order valence-electron chi connectivity index (χ3n) is 6.20. The normalized spacial score (nSPS) is 12.6. The second-order valence-corrected chi connectivity index (χ2v) is 9.47. The summed E-state index contributed by atoms with van der Waals surface area (Å²) in [5.74, 6) is 1.65. The van der Waals surface area contributed by atoms with E-state index in [1.165, 1.54) is 25.6 Å². The summed E-state index contributed by atoms with van der Waals surface area (Å²) in [6.07, 6.45) is 1.74. The van der Waals surface area contributed by atoms with Crippen molar-refractivity contribution in [2.45, 2.75) is 19.9 Å². The minimum absolute atomic E-state index is 0.294. The van der Waals surface area contributed by atoms with Gasteiger partial charge in [-0.05, 0) is 43.2 Å². The molecule has 10 nitrogen and oxygen atoms in total. The van der Waals surface area contributed by atoms with E-state index < -0.39 is 0 Å². The van der Waals surface area contributed by atoms with E-state index in [1.54, 1.807) is 56.5 Å². The number of nitrogens with one attached hydrogen (secondary N) is 1. The molecule has 0 fully saturated rings. The van der Waals surface area contributed by atoms with Crippen LogP contribution in [0.5, 0.6) is 23.0 Å². The topological polar surface area (TPSA) is 108 Å². The first kappa shape index (κ1) is 27.8. The van der Waals surface area contributed by atoms with E-state index in [9.17, 15) is 9.59 Å². The van der Waals surface area contributed by atoms with Crippen LogP contribution < -0.4 is 24.3 Å². The monoisotopic (exact) mass is 553 g/mol. The summed E-state index contributed by atoms with van der Waals surface area (Å²) in [7, 11) is 6.17. The summed E-state index contributed by atoms with van der Waals surface area (Å²) in [6, 6.07) is 10.8. The fourth-order valence-electron chi connectivity index (χ4n) is 4.37. The van der Waals surface area contributed by atoms with Gasteiger partial charge in [0.2, 0.25) is 5.75 Å². The van der Waals surface area contributed by atoms with Crippen LogP contribution in [0.4, 0.5) is 15.5 Å². The standard InChI is InChI=1S/C28H31N3O7S/c1-6-38-28(33)31-14-13-18-22(16-31)39-27(23(18)26(32)30-19-9-7-8-10-20(19)34-2)29-15-17-11-12-21(35-3)25(37-5)24(17)36-4/h7-12,15H,6,13-14,16H2,1-5H3,(H,30,32). The minimum atomic E-state index is -0.378. The van der Waals surface area contributed by atoms with E-state index in [2.05, 4.69) is 5.32 Å². The Hall–Kier alpha value is -4.25. The number of carbonyl (C=O) groups excluding carboxylic acids is 2. The Bertz CT molecular complexity index is 1390. The molecular weight excluding hydrogens is 522 g/mol. The van der Waals surface area contributed by atoms with Gasteiger partial charge >= 0.3 is 6.09 Å². The number of fused-ring (bicyclic) bond motifs is 1. The van der Waals surface area contributed by atoms with Crippen molar-refractivity contribution in [3.05, 3.63) is 58.0 Å². The predicted octanol–water partition coefficient (Wildman–Crippen LogP) is 5.30. The number of methoxy groups -OCH3 is 4. The van der Waals surface area contributed by atoms with Crippen LogP contribution in [0.3, 0.4) is 0 Å². The van der Waals surface area contributed by atoms with Crippen molar-refractivity contribution in [2.24, 2.45) is 4.99 Å². The van der Waals surface area contributed by atoms with Crippen LogP contribution in [0.1, 0.15) is 33.3 Å². The number of aliphatic imine (C=N–C) groups is 1. The zero-order chi connectivity index (χ0) is 27.9. The Kier molecular flexibility index (Phi) is 8.92. The number of amides is 2. The van der Waals surface area contributed by atoms with Crippen LogP contribution in [-0.2, 0) is 17.7 Å². The summed E-state index contributed by atoms with van der Waals surface area (Å²) >= 11 is 1.36. The molecule has 3 aromatic rings. The highest BCUT2D eigenvalue weighted by Gasteiger charge is 2.30. The van der Waals surface area contributed by atoms with Gasteiger partial charge in [-0.15, -0.1) is 11.3 Å². The third kappa shape index (κ3) is 5.78. The first-order valence-electron chi connectivity index (χ1n) is 12.3. The molecule has 0 aliphatic carbocycles. The lowest BCUT2D eigenvalue weighted by Gasteiger charge is -2.26.